The van der Waals surface area contributed by atoms with Crippen molar-refractivity contribution in [3.63, 3.8) is 0 Å². The molecule has 0 spiro atoms. The van der Waals surface area contributed by atoms with E-state index in [1.807, 2.05) is 0 Å². The van der Waals surface area contributed by atoms with Gasteiger partial charge in [0.05, 0.1) is 6.04 Å². The van der Waals surface area contributed by atoms with Gasteiger partial charge in [-0.1, -0.05) is 12.1 Å². The summed E-state index contributed by atoms with van der Waals surface area (Å²) in [6.07, 6.45) is 1.56. The van der Waals surface area contributed by atoms with E-state index in [9.17, 15) is 18.4 Å². The fraction of sp³-hybridized carbons (Fsp3) is 0.188. The first-order valence-corrected chi connectivity index (χ1v) is 7.24. The molecular formula is C16H14F2N4O2. The lowest BCUT2D eigenvalue weighted by molar-refractivity contribution is -0.122. The Hall–Kier alpha value is -3.03. The number of halogens is 2. The summed E-state index contributed by atoms with van der Waals surface area (Å²) < 4.78 is 28.6. The lowest BCUT2D eigenvalue weighted by atomic mass is 10.1. The molecule has 0 aliphatic carbocycles. The third-order valence-electron chi connectivity index (χ3n) is 3.60. The number of rotatable bonds is 4. The molecule has 8 heteroatoms. The van der Waals surface area contributed by atoms with Crippen molar-refractivity contribution in [1.29, 1.82) is 0 Å². The number of aromatic nitrogens is 3. The van der Waals surface area contributed by atoms with Crippen molar-refractivity contribution >= 4 is 11.6 Å². The first-order chi connectivity index (χ1) is 11.5. The molecule has 0 saturated heterocycles. The number of nitrogens with zero attached hydrogens (tertiary/aromatic N) is 3. The predicted molar refractivity (Wildman–Crippen MR) is 82.4 cm³/mol. The van der Waals surface area contributed by atoms with E-state index < -0.39 is 29.3 Å². The molecule has 0 fully saturated rings. The number of benzene rings is 1. The predicted octanol–water partition coefficient (Wildman–Crippen LogP) is 1.65. The molecule has 124 valence electrons. The number of nitrogens with one attached hydrogen (secondary N) is 1. The Balaban J connectivity index is 1.73. The van der Waals surface area contributed by atoms with Crippen LogP contribution >= 0.6 is 0 Å². The largest absolute Gasteiger partial charge is 0.350 e. The van der Waals surface area contributed by atoms with Crippen molar-refractivity contribution in [2.45, 2.75) is 19.5 Å². The normalized spacial score (nSPS) is 12.3. The van der Waals surface area contributed by atoms with Crippen molar-refractivity contribution in [2.24, 2.45) is 0 Å². The summed E-state index contributed by atoms with van der Waals surface area (Å²) in [7, 11) is 0. The molecule has 1 N–H and O–H groups in total. The molecular weight excluding hydrogens is 318 g/mol. The van der Waals surface area contributed by atoms with Crippen LogP contribution in [0.4, 0.5) is 8.78 Å². The number of pyridine rings is 1. The Labute approximate surface area is 135 Å². The lowest BCUT2D eigenvalue weighted by Gasteiger charge is -2.14. The zero-order valence-corrected chi connectivity index (χ0v) is 12.7. The maximum atomic E-state index is 13.2. The Bertz CT molecular complexity index is 964. The van der Waals surface area contributed by atoms with Crippen LogP contribution in [0.15, 0.2) is 47.4 Å². The summed E-state index contributed by atoms with van der Waals surface area (Å²) >= 11 is 0. The highest BCUT2D eigenvalue weighted by Gasteiger charge is 2.14. The monoisotopic (exact) mass is 332 g/mol. The van der Waals surface area contributed by atoms with Gasteiger partial charge in [0.15, 0.2) is 17.3 Å². The molecule has 6 nitrogen and oxygen atoms in total. The summed E-state index contributed by atoms with van der Waals surface area (Å²) in [6.45, 7) is 1.37. The van der Waals surface area contributed by atoms with Crippen LogP contribution in [0, 0.1) is 11.6 Å². The second kappa shape index (κ2) is 6.23. The zero-order chi connectivity index (χ0) is 17.3. The van der Waals surface area contributed by atoms with Gasteiger partial charge >= 0.3 is 5.69 Å². The molecule has 1 unspecified atom stereocenters. The van der Waals surface area contributed by atoms with Crippen LogP contribution in [0.2, 0.25) is 0 Å². The summed E-state index contributed by atoms with van der Waals surface area (Å²) in [4.78, 5) is 24.2. The van der Waals surface area contributed by atoms with Gasteiger partial charge in [0.25, 0.3) is 0 Å². The molecule has 0 bridgehead atoms. The molecule has 2 heterocycles. The van der Waals surface area contributed by atoms with E-state index >= 15 is 0 Å². The maximum Gasteiger partial charge on any atom is 0.350 e. The molecule has 0 radical (unpaired) electrons. The third kappa shape index (κ3) is 3.03. The second-order valence-electron chi connectivity index (χ2n) is 5.33. The fourth-order valence-electron chi connectivity index (χ4n) is 2.36. The molecule has 24 heavy (non-hydrogen) atoms. The topological polar surface area (TPSA) is 68.4 Å². The number of hydrogen-bond acceptors (Lipinski definition) is 3. The molecule has 1 aromatic carbocycles. The number of fused-ring (bicyclic) bond motifs is 1. The summed E-state index contributed by atoms with van der Waals surface area (Å²) in [5.74, 6) is -2.39. The minimum absolute atomic E-state index is 0.269. The van der Waals surface area contributed by atoms with Crippen LogP contribution in [0.1, 0.15) is 18.5 Å². The van der Waals surface area contributed by atoms with Gasteiger partial charge in [-0.15, -0.1) is 5.10 Å². The van der Waals surface area contributed by atoms with Crippen molar-refractivity contribution in [1.82, 2.24) is 19.5 Å². The SMILES string of the molecule is CC(NC(=O)Cn1nc2ccccn2c1=O)c1ccc(F)c(F)c1. The smallest absolute Gasteiger partial charge is 0.348 e. The van der Waals surface area contributed by atoms with Crippen molar-refractivity contribution < 1.29 is 13.6 Å². The van der Waals surface area contributed by atoms with Gasteiger partial charge in [0.1, 0.15) is 6.54 Å². The van der Waals surface area contributed by atoms with Crippen molar-refractivity contribution in [3.05, 3.63) is 70.3 Å². The van der Waals surface area contributed by atoms with Crippen LogP contribution in [0.5, 0.6) is 0 Å². The summed E-state index contributed by atoms with van der Waals surface area (Å²) in [5.41, 5.74) is 0.426. The Morgan fingerprint density at radius 1 is 1.25 bits per heavy atom. The average Bonchev–Trinajstić information content (AvgIpc) is 2.86. The van der Waals surface area contributed by atoms with E-state index in [2.05, 4.69) is 10.4 Å². The maximum absolute atomic E-state index is 13.2. The Morgan fingerprint density at radius 3 is 2.75 bits per heavy atom. The van der Waals surface area contributed by atoms with Crippen LogP contribution in [-0.4, -0.2) is 20.1 Å². The molecule has 0 aliphatic heterocycles. The van der Waals surface area contributed by atoms with Gasteiger partial charge in [-0.05, 0) is 36.8 Å². The Kier molecular flexibility index (Phi) is 4.11. The minimum atomic E-state index is -0.981. The van der Waals surface area contributed by atoms with E-state index in [-0.39, 0.29) is 6.54 Å². The third-order valence-corrected chi connectivity index (χ3v) is 3.60. The number of amides is 1. The van der Waals surface area contributed by atoms with Gasteiger partial charge < -0.3 is 5.32 Å². The van der Waals surface area contributed by atoms with Gasteiger partial charge in [-0.2, -0.15) is 0 Å². The molecule has 0 aliphatic rings. The van der Waals surface area contributed by atoms with Crippen LogP contribution in [0.3, 0.4) is 0 Å². The number of hydrogen-bond donors (Lipinski definition) is 1. The lowest BCUT2D eigenvalue weighted by Crippen LogP contribution is -2.34. The first kappa shape index (κ1) is 15.9. The van der Waals surface area contributed by atoms with Crippen LogP contribution in [0.25, 0.3) is 5.65 Å². The average molecular weight is 332 g/mol. The molecule has 3 aromatic rings. The van der Waals surface area contributed by atoms with Crippen molar-refractivity contribution in [2.75, 3.05) is 0 Å². The zero-order valence-electron chi connectivity index (χ0n) is 12.7. The second-order valence-corrected chi connectivity index (χ2v) is 5.33. The summed E-state index contributed by atoms with van der Waals surface area (Å²) in [5, 5.41) is 6.68. The van der Waals surface area contributed by atoms with Crippen LogP contribution in [-0.2, 0) is 11.3 Å². The van der Waals surface area contributed by atoms with Crippen LogP contribution < -0.4 is 11.0 Å². The molecule has 2 aromatic heterocycles. The van der Waals surface area contributed by atoms with Gasteiger partial charge in [-0.25, -0.2) is 18.3 Å². The minimum Gasteiger partial charge on any atom is -0.348 e. The fourth-order valence-corrected chi connectivity index (χ4v) is 2.36. The molecule has 1 amide bonds. The van der Waals surface area contributed by atoms with E-state index in [1.165, 1.54) is 10.5 Å². The number of carbonyl (C=O) groups is 1. The van der Waals surface area contributed by atoms with E-state index in [0.29, 0.717) is 11.2 Å². The molecule has 3 rings (SSSR count). The highest BCUT2D eigenvalue weighted by molar-refractivity contribution is 5.76. The number of carbonyl (C=O) groups excluding carboxylic acids is 1. The Morgan fingerprint density at radius 2 is 2.04 bits per heavy atom. The molecule has 1 atom stereocenters. The van der Waals surface area contributed by atoms with Gasteiger partial charge in [0.2, 0.25) is 5.91 Å². The van der Waals surface area contributed by atoms with E-state index in [1.54, 1.807) is 31.3 Å². The highest BCUT2D eigenvalue weighted by Crippen LogP contribution is 2.15. The van der Waals surface area contributed by atoms with Gasteiger partial charge in [-0.3, -0.25) is 9.20 Å². The van der Waals surface area contributed by atoms with E-state index in [4.69, 9.17) is 0 Å². The standard InChI is InChI=1S/C16H14F2N4O2/c1-10(11-5-6-12(17)13(18)8-11)19-15(23)9-22-16(24)21-7-3-2-4-14(21)20-22/h2-8,10H,9H2,1H3,(H,19,23). The van der Waals surface area contributed by atoms with Crippen molar-refractivity contribution in [3.8, 4) is 0 Å². The van der Waals surface area contributed by atoms with Gasteiger partial charge in [0, 0.05) is 6.20 Å². The summed E-state index contributed by atoms with van der Waals surface area (Å²) in [6, 6.07) is 7.95. The molecule has 0 saturated carbocycles. The van der Waals surface area contributed by atoms with E-state index in [0.717, 1.165) is 16.8 Å². The quantitative estimate of drug-likeness (QED) is 0.790. The highest BCUT2D eigenvalue weighted by atomic mass is 19.2. The first-order valence-electron chi connectivity index (χ1n) is 7.24.